The largest absolute Gasteiger partial charge is 0.376 e. The van der Waals surface area contributed by atoms with Crippen LogP contribution in [0.3, 0.4) is 0 Å². The number of hydrogen-bond donors (Lipinski definition) is 3. The lowest BCUT2D eigenvalue weighted by atomic mass is 9.77. The van der Waals surface area contributed by atoms with Gasteiger partial charge in [-0.05, 0) is 44.2 Å². The quantitative estimate of drug-likeness (QED) is 0.651. The zero-order valence-electron chi connectivity index (χ0n) is 14.9. The van der Waals surface area contributed by atoms with Crippen LogP contribution in [0.15, 0.2) is 0 Å². The number of rotatable bonds is 2. The van der Waals surface area contributed by atoms with Gasteiger partial charge in [0.15, 0.2) is 0 Å². The number of likely N-dealkylation sites (tertiary alicyclic amines) is 1. The SMILES string of the molecule is CN1C(=O)N[C@@H]2CN(C(=O)NCC3CC4(CCNCC4)CO3)CC[C@@H]21. The third kappa shape index (κ3) is 3.29. The molecule has 0 aliphatic carbocycles. The van der Waals surface area contributed by atoms with Crippen LogP contribution in [0.4, 0.5) is 9.59 Å². The zero-order chi connectivity index (χ0) is 17.4. The van der Waals surface area contributed by atoms with Gasteiger partial charge in [0, 0.05) is 26.7 Å². The van der Waals surface area contributed by atoms with Gasteiger partial charge in [-0.15, -0.1) is 0 Å². The van der Waals surface area contributed by atoms with Crippen molar-refractivity contribution in [2.75, 3.05) is 46.4 Å². The Morgan fingerprint density at radius 2 is 2.20 bits per heavy atom. The minimum absolute atomic E-state index is 0.0381. The molecule has 3 N–H and O–H groups in total. The second kappa shape index (κ2) is 6.64. The fourth-order valence-electron chi connectivity index (χ4n) is 4.79. The second-order valence-electron chi connectivity index (χ2n) is 8.04. The van der Waals surface area contributed by atoms with Crippen molar-refractivity contribution < 1.29 is 14.3 Å². The first-order valence-electron chi connectivity index (χ1n) is 9.45. The van der Waals surface area contributed by atoms with E-state index in [-0.39, 0.29) is 30.2 Å². The van der Waals surface area contributed by atoms with E-state index in [0.717, 1.165) is 32.5 Å². The molecule has 4 aliphatic rings. The summed E-state index contributed by atoms with van der Waals surface area (Å²) in [5.41, 5.74) is 0.317. The molecule has 8 heteroatoms. The first-order valence-corrected chi connectivity index (χ1v) is 9.45. The number of carbonyl (C=O) groups is 2. The first kappa shape index (κ1) is 16.9. The molecule has 1 spiro atoms. The molecule has 4 amide bonds. The van der Waals surface area contributed by atoms with Crippen molar-refractivity contribution in [2.24, 2.45) is 5.41 Å². The second-order valence-corrected chi connectivity index (χ2v) is 8.04. The maximum absolute atomic E-state index is 12.5. The normalized spacial score (nSPS) is 34.1. The number of fused-ring (bicyclic) bond motifs is 1. The van der Waals surface area contributed by atoms with Gasteiger partial charge in [0.2, 0.25) is 0 Å². The van der Waals surface area contributed by atoms with Gasteiger partial charge in [0.1, 0.15) is 0 Å². The molecule has 0 radical (unpaired) electrons. The Morgan fingerprint density at radius 1 is 1.40 bits per heavy atom. The summed E-state index contributed by atoms with van der Waals surface area (Å²) in [6, 6.07) is 0.160. The van der Waals surface area contributed by atoms with Gasteiger partial charge < -0.3 is 30.5 Å². The van der Waals surface area contributed by atoms with Crippen LogP contribution in [-0.2, 0) is 4.74 Å². The van der Waals surface area contributed by atoms with Gasteiger partial charge in [0.25, 0.3) is 0 Å². The monoisotopic (exact) mass is 351 g/mol. The molecule has 140 valence electrons. The minimum Gasteiger partial charge on any atom is -0.376 e. The first-order chi connectivity index (χ1) is 12.1. The van der Waals surface area contributed by atoms with E-state index in [4.69, 9.17) is 4.74 Å². The van der Waals surface area contributed by atoms with Crippen molar-refractivity contribution in [3.8, 4) is 0 Å². The summed E-state index contributed by atoms with van der Waals surface area (Å²) in [6.07, 6.45) is 4.32. The van der Waals surface area contributed by atoms with Gasteiger partial charge in [-0.3, -0.25) is 0 Å². The predicted octanol–water partition coefficient (Wildman–Crippen LogP) is -0.0474. The average Bonchev–Trinajstić information content (AvgIpc) is 3.14. The fourth-order valence-corrected chi connectivity index (χ4v) is 4.79. The number of hydrogen-bond acceptors (Lipinski definition) is 4. The highest BCUT2D eigenvalue weighted by atomic mass is 16.5. The molecule has 25 heavy (non-hydrogen) atoms. The number of piperidine rings is 2. The van der Waals surface area contributed by atoms with Gasteiger partial charge in [-0.25, -0.2) is 9.59 Å². The average molecular weight is 351 g/mol. The summed E-state index contributed by atoms with van der Waals surface area (Å²) in [5.74, 6) is 0. The van der Waals surface area contributed by atoms with E-state index in [1.807, 2.05) is 11.9 Å². The van der Waals surface area contributed by atoms with Crippen LogP contribution in [0.2, 0.25) is 0 Å². The summed E-state index contributed by atoms with van der Waals surface area (Å²) in [4.78, 5) is 27.8. The fraction of sp³-hybridized carbons (Fsp3) is 0.882. The molecule has 0 aromatic rings. The molecule has 4 saturated heterocycles. The number of urea groups is 2. The smallest absolute Gasteiger partial charge is 0.317 e. The summed E-state index contributed by atoms with van der Waals surface area (Å²) >= 11 is 0. The van der Waals surface area contributed by atoms with Gasteiger partial charge in [-0.1, -0.05) is 0 Å². The molecule has 4 fully saturated rings. The molecule has 4 rings (SSSR count). The zero-order valence-corrected chi connectivity index (χ0v) is 14.9. The van der Waals surface area contributed by atoms with Crippen LogP contribution in [-0.4, -0.2) is 86.4 Å². The van der Waals surface area contributed by atoms with E-state index in [1.165, 1.54) is 12.8 Å². The highest BCUT2D eigenvalue weighted by Crippen LogP contribution is 2.40. The van der Waals surface area contributed by atoms with Gasteiger partial charge >= 0.3 is 12.1 Å². The van der Waals surface area contributed by atoms with Crippen molar-refractivity contribution in [2.45, 2.75) is 43.9 Å². The van der Waals surface area contributed by atoms with Crippen LogP contribution in [0.1, 0.15) is 25.7 Å². The number of ether oxygens (including phenoxy) is 1. The molecule has 1 unspecified atom stereocenters. The number of amides is 4. The van der Waals surface area contributed by atoms with Crippen molar-refractivity contribution in [1.29, 1.82) is 0 Å². The lowest BCUT2D eigenvalue weighted by molar-refractivity contribution is 0.0851. The standard InChI is InChI=1S/C17H29N5O3/c1-21-14-2-7-22(10-13(14)20-16(21)24)15(23)19-9-12-8-17(11-25-12)3-5-18-6-4-17/h12-14,18H,2-11H2,1H3,(H,19,23)(H,20,24)/t12?,13-,14+/m1/s1. The maximum Gasteiger partial charge on any atom is 0.317 e. The van der Waals surface area contributed by atoms with E-state index < -0.39 is 0 Å². The Labute approximate surface area is 148 Å². The van der Waals surface area contributed by atoms with Crippen molar-refractivity contribution in [1.82, 2.24) is 25.8 Å². The number of carbonyl (C=O) groups excluding carboxylic acids is 2. The van der Waals surface area contributed by atoms with Crippen LogP contribution in [0.25, 0.3) is 0 Å². The Balaban J connectivity index is 1.24. The molecule has 0 aromatic carbocycles. The summed E-state index contributed by atoms with van der Waals surface area (Å²) in [5, 5.41) is 9.40. The highest BCUT2D eigenvalue weighted by molar-refractivity contribution is 5.78. The van der Waals surface area contributed by atoms with E-state index in [1.54, 1.807) is 4.90 Å². The molecular formula is C17H29N5O3. The topological polar surface area (TPSA) is 85.9 Å². The Hall–Kier alpha value is -1.54. The van der Waals surface area contributed by atoms with Crippen LogP contribution in [0, 0.1) is 5.41 Å². The van der Waals surface area contributed by atoms with Crippen LogP contribution in [0.5, 0.6) is 0 Å². The number of nitrogens with zero attached hydrogens (tertiary/aromatic N) is 2. The van der Waals surface area contributed by atoms with Crippen molar-refractivity contribution in [3.63, 3.8) is 0 Å². The number of likely N-dealkylation sites (N-methyl/N-ethyl adjacent to an activating group) is 1. The Morgan fingerprint density at radius 3 is 3.00 bits per heavy atom. The molecule has 3 atom stereocenters. The van der Waals surface area contributed by atoms with E-state index in [2.05, 4.69) is 16.0 Å². The van der Waals surface area contributed by atoms with E-state index in [9.17, 15) is 9.59 Å². The lowest BCUT2D eigenvalue weighted by Gasteiger charge is -2.36. The highest BCUT2D eigenvalue weighted by Gasteiger charge is 2.43. The van der Waals surface area contributed by atoms with Crippen molar-refractivity contribution in [3.05, 3.63) is 0 Å². The summed E-state index contributed by atoms with van der Waals surface area (Å²) < 4.78 is 5.96. The van der Waals surface area contributed by atoms with Gasteiger partial charge in [0.05, 0.1) is 24.8 Å². The molecule has 0 aromatic heterocycles. The minimum atomic E-state index is -0.0443. The molecule has 8 nitrogen and oxygen atoms in total. The molecule has 4 aliphatic heterocycles. The Kier molecular flexibility index (Phi) is 4.49. The van der Waals surface area contributed by atoms with Crippen LogP contribution >= 0.6 is 0 Å². The summed E-state index contributed by atoms with van der Waals surface area (Å²) in [6.45, 7) is 4.80. The summed E-state index contributed by atoms with van der Waals surface area (Å²) in [7, 11) is 1.82. The number of nitrogens with one attached hydrogen (secondary N) is 3. The molecular weight excluding hydrogens is 322 g/mol. The molecule has 4 heterocycles. The molecule has 0 bridgehead atoms. The lowest BCUT2D eigenvalue weighted by Crippen LogP contribution is -2.55. The van der Waals surface area contributed by atoms with E-state index in [0.29, 0.717) is 25.0 Å². The van der Waals surface area contributed by atoms with E-state index >= 15 is 0 Å². The van der Waals surface area contributed by atoms with Crippen LogP contribution < -0.4 is 16.0 Å². The molecule has 0 saturated carbocycles. The third-order valence-corrected chi connectivity index (χ3v) is 6.42. The van der Waals surface area contributed by atoms with Gasteiger partial charge in [-0.2, -0.15) is 0 Å². The maximum atomic E-state index is 12.5. The Bertz CT molecular complexity index is 536. The predicted molar refractivity (Wildman–Crippen MR) is 92.4 cm³/mol. The van der Waals surface area contributed by atoms with Crippen molar-refractivity contribution >= 4 is 12.1 Å². The third-order valence-electron chi connectivity index (χ3n) is 6.42.